The van der Waals surface area contributed by atoms with E-state index in [9.17, 15) is 9.18 Å². The number of esters is 1. The molecule has 2 atom stereocenters. The molecule has 1 aliphatic heterocycles. The zero-order valence-electron chi connectivity index (χ0n) is 29.4. The molecule has 12 heteroatoms. The molecule has 5 aromatic rings. The fourth-order valence-corrected chi connectivity index (χ4v) is 7.73. The van der Waals surface area contributed by atoms with Crippen molar-refractivity contribution in [3.05, 3.63) is 89.0 Å². The van der Waals surface area contributed by atoms with Crippen molar-refractivity contribution in [3.63, 3.8) is 0 Å². The summed E-state index contributed by atoms with van der Waals surface area (Å²) in [5.74, 6) is 0.0858. The minimum Gasteiger partial charge on any atom is -0.496 e. The topological polar surface area (TPSA) is 86.2 Å². The van der Waals surface area contributed by atoms with Gasteiger partial charge in [-0.3, -0.25) is 4.90 Å². The van der Waals surface area contributed by atoms with Crippen LogP contribution in [0.25, 0.3) is 31.8 Å². The van der Waals surface area contributed by atoms with Crippen molar-refractivity contribution >= 4 is 39.1 Å². The molecule has 51 heavy (non-hydrogen) atoms. The second-order valence-electron chi connectivity index (χ2n) is 12.5. The van der Waals surface area contributed by atoms with Gasteiger partial charge >= 0.3 is 5.97 Å². The first-order valence-electron chi connectivity index (χ1n) is 17.0. The number of nitrogens with zero attached hydrogens (tertiary/aromatic N) is 4. The van der Waals surface area contributed by atoms with Crippen LogP contribution in [-0.2, 0) is 9.53 Å². The third-order valence-corrected chi connectivity index (χ3v) is 10.9. The molecule has 9 nitrogen and oxygen atoms in total. The lowest BCUT2D eigenvalue weighted by Gasteiger charge is -2.32. The Kier molecular flexibility index (Phi) is 11.7. The van der Waals surface area contributed by atoms with Gasteiger partial charge in [0.15, 0.2) is 0 Å². The monoisotopic (exact) mass is 732 g/mol. The molecule has 1 saturated heterocycles. The number of halogens is 2. The van der Waals surface area contributed by atoms with Gasteiger partial charge in [-0.15, -0.1) is 11.3 Å². The van der Waals surface area contributed by atoms with Crippen molar-refractivity contribution in [2.24, 2.45) is 0 Å². The highest BCUT2D eigenvalue weighted by Gasteiger charge is 2.34. The van der Waals surface area contributed by atoms with E-state index in [1.165, 1.54) is 29.8 Å². The molecule has 6 rings (SSSR count). The Morgan fingerprint density at radius 2 is 1.76 bits per heavy atom. The van der Waals surface area contributed by atoms with Gasteiger partial charge in [-0.1, -0.05) is 54.9 Å². The molecule has 0 spiro atoms. The highest BCUT2D eigenvalue weighted by atomic mass is 35.5. The summed E-state index contributed by atoms with van der Waals surface area (Å²) in [4.78, 5) is 28.9. The molecule has 2 unspecified atom stereocenters. The predicted molar refractivity (Wildman–Crippen MR) is 200 cm³/mol. The van der Waals surface area contributed by atoms with Crippen molar-refractivity contribution in [1.29, 1.82) is 0 Å². The van der Waals surface area contributed by atoms with E-state index in [1.54, 1.807) is 26.2 Å². The van der Waals surface area contributed by atoms with Crippen LogP contribution < -0.4 is 14.2 Å². The van der Waals surface area contributed by atoms with Crippen LogP contribution in [0.5, 0.6) is 17.4 Å². The maximum absolute atomic E-state index is 14.1. The van der Waals surface area contributed by atoms with Crippen molar-refractivity contribution in [3.8, 4) is 38.9 Å². The lowest BCUT2D eigenvalue weighted by atomic mass is 9.94. The summed E-state index contributed by atoms with van der Waals surface area (Å²) in [6, 6.07) is 17.7. The summed E-state index contributed by atoms with van der Waals surface area (Å²) in [6.07, 6.45) is 0.349. The summed E-state index contributed by atoms with van der Waals surface area (Å²) in [7, 11) is 3.73. The molecule has 0 bridgehead atoms. The molecule has 0 amide bonds. The van der Waals surface area contributed by atoms with E-state index < -0.39 is 18.0 Å². The van der Waals surface area contributed by atoms with Gasteiger partial charge in [-0.2, -0.15) is 0 Å². The molecule has 2 aromatic heterocycles. The fourth-order valence-electron chi connectivity index (χ4n) is 6.36. The first kappa shape index (κ1) is 36.5. The number of methoxy groups -OCH3 is 1. The zero-order chi connectivity index (χ0) is 36.1. The van der Waals surface area contributed by atoms with Crippen LogP contribution in [0.1, 0.15) is 30.9 Å². The molecule has 1 aliphatic rings. The number of piperazine rings is 1. The molecule has 0 aliphatic carbocycles. The predicted octanol–water partition coefficient (Wildman–Crippen LogP) is 7.88. The van der Waals surface area contributed by atoms with E-state index >= 15 is 0 Å². The first-order valence-corrected chi connectivity index (χ1v) is 18.2. The van der Waals surface area contributed by atoms with Gasteiger partial charge in [0.05, 0.1) is 24.1 Å². The first-order chi connectivity index (χ1) is 24.7. The Balaban J connectivity index is 1.42. The molecule has 3 heterocycles. The Hall–Kier alpha value is -4.29. The standard InChI is InChI=1S/C39H42ClFN4O5S/c1-6-48-39(46)35(25(3)28-9-7-8-10-30(28)47-5)50-37-33-32(36(51-38(33)43-23-42-37)26-11-13-27(41)14-12-26)29-15-16-31(34(40)24(29)2)49-22-21-45-19-17-44(4)18-20-45/h7-16,23,25,35H,6,17-22H2,1-5H3. The highest BCUT2D eigenvalue weighted by molar-refractivity contribution is 7.22. The number of likely N-dealkylation sites (N-methyl/N-ethyl adjacent to an activating group) is 1. The summed E-state index contributed by atoms with van der Waals surface area (Å²) >= 11 is 8.46. The van der Waals surface area contributed by atoms with E-state index in [4.69, 9.17) is 30.5 Å². The summed E-state index contributed by atoms with van der Waals surface area (Å²) in [5.41, 5.74) is 3.92. The van der Waals surface area contributed by atoms with Gasteiger partial charge in [0.1, 0.15) is 35.1 Å². The highest BCUT2D eigenvalue weighted by Crippen LogP contribution is 2.49. The normalized spacial score (nSPS) is 15.0. The van der Waals surface area contributed by atoms with E-state index in [0.717, 1.165) is 65.4 Å². The zero-order valence-corrected chi connectivity index (χ0v) is 31.0. The number of para-hydroxylation sites is 1. The minimum absolute atomic E-state index is 0.177. The smallest absolute Gasteiger partial charge is 0.348 e. The van der Waals surface area contributed by atoms with Crippen LogP contribution in [0.15, 0.2) is 67.0 Å². The summed E-state index contributed by atoms with van der Waals surface area (Å²) in [5, 5.41) is 1.09. The lowest BCUT2D eigenvalue weighted by Crippen LogP contribution is -2.45. The molecule has 0 N–H and O–H groups in total. The third-order valence-electron chi connectivity index (χ3n) is 9.28. The van der Waals surface area contributed by atoms with Crippen LogP contribution in [0.4, 0.5) is 4.39 Å². The van der Waals surface area contributed by atoms with Gasteiger partial charge in [0.25, 0.3) is 0 Å². The molecule has 0 saturated carbocycles. The Labute approximate surface area is 306 Å². The summed E-state index contributed by atoms with van der Waals surface area (Å²) in [6.45, 7) is 11.2. The number of ether oxygens (including phenoxy) is 4. The summed E-state index contributed by atoms with van der Waals surface area (Å²) < 4.78 is 38.1. The molecule has 0 radical (unpaired) electrons. The molecular weight excluding hydrogens is 691 g/mol. The number of hydrogen-bond donors (Lipinski definition) is 0. The van der Waals surface area contributed by atoms with E-state index in [-0.39, 0.29) is 18.3 Å². The van der Waals surface area contributed by atoms with Crippen LogP contribution in [0, 0.1) is 12.7 Å². The maximum atomic E-state index is 14.1. The molecular formula is C39H42ClFN4O5S. The lowest BCUT2D eigenvalue weighted by molar-refractivity contribution is -0.152. The Morgan fingerprint density at radius 1 is 1.02 bits per heavy atom. The third kappa shape index (κ3) is 7.97. The largest absolute Gasteiger partial charge is 0.496 e. The van der Waals surface area contributed by atoms with Crippen molar-refractivity contribution in [2.75, 3.05) is 60.1 Å². The molecule has 3 aromatic carbocycles. The number of carbonyl (C=O) groups is 1. The Bertz CT molecular complexity index is 1980. The van der Waals surface area contributed by atoms with Crippen LogP contribution in [-0.4, -0.2) is 91.9 Å². The Morgan fingerprint density at radius 3 is 2.49 bits per heavy atom. The van der Waals surface area contributed by atoms with Crippen molar-refractivity contribution in [1.82, 2.24) is 19.8 Å². The number of rotatable bonds is 13. The molecule has 268 valence electrons. The number of carbonyl (C=O) groups excluding carboxylic acids is 1. The second kappa shape index (κ2) is 16.4. The quantitative estimate of drug-likeness (QED) is 0.112. The number of fused-ring (bicyclic) bond motifs is 1. The SMILES string of the molecule is CCOC(=O)C(Oc1ncnc2sc(-c3ccc(F)cc3)c(-c3ccc(OCCN4CCN(C)CC4)c(Cl)c3C)c12)C(C)c1ccccc1OC. The van der Waals surface area contributed by atoms with Gasteiger partial charge < -0.3 is 23.8 Å². The fraction of sp³-hybridized carbons (Fsp3) is 0.359. The molecule has 1 fully saturated rings. The van der Waals surface area contributed by atoms with Gasteiger partial charge in [0.2, 0.25) is 12.0 Å². The van der Waals surface area contributed by atoms with Gasteiger partial charge in [0, 0.05) is 54.6 Å². The van der Waals surface area contributed by atoms with Crippen LogP contribution in [0.2, 0.25) is 5.02 Å². The maximum Gasteiger partial charge on any atom is 0.348 e. The van der Waals surface area contributed by atoms with Crippen molar-refractivity contribution < 1.29 is 28.1 Å². The van der Waals surface area contributed by atoms with Gasteiger partial charge in [-0.25, -0.2) is 19.2 Å². The number of thiophene rings is 1. The van der Waals surface area contributed by atoms with E-state index in [2.05, 4.69) is 26.8 Å². The average molecular weight is 733 g/mol. The second-order valence-corrected chi connectivity index (χ2v) is 13.9. The average Bonchev–Trinajstić information content (AvgIpc) is 3.53. The van der Waals surface area contributed by atoms with Crippen molar-refractivity contribution in [2.45, 2.75) is 32.8 Å². The number of hydrogen-bond acceptors (Lipinski definition) is 10. The van der Waals surface area contributed by atoms with Gasteiger partial charge in [-0.05, 0) is 61.9 Å². The van der Waals surface area contributed by atoms with E-state index in [0.29, 0.717) is 33.3 Å². The van der Waals surface area contributed by atoms with E-state index in [1.807, 2.05) is 50.2 Å². The number of aromatic nitrogens is 2. The van der Waals surface area contributed by atoms with Crippen LogP contribution in [0.3, 0.4) is 0 Å². The minimum atomic E-state index is -1.07. The number of benzene rings is 3. The van der Waals surface area contributed by atoms with Crippen LogP contribution >= 0.6 is 22.9 Å².